The van der Waals surface area contributed by atoms with E-state index < -0.39 is 5.97 Å². The molecule has 0 aliphatic carbocycles. The molecule has 0 heterocycles. The molecular formula is C29H31IO4. The lowest BCUT2D eigenvalue weighted by Gasteiger charge is -2.19. The summed E-state index contributed by atoms with van der Waals surface area (Å²) in [5, 5.41) is 0. The number of carbonyl (C=O) groups excluding carboxylic acids is 1. The molecule has 0 bridgehead atoms. The normalized spacial score (nSPS) is 11.8. The molecule has 3 aromatic rings. The first-order valence-electron chi connectivity index (χ1n) is 11.2. The van der Waals surface area contributed by atoms with Crippen LogP contribution in [0.4, 0.5) is 0 Å². The lowest BCUT2D eigenvalue weighted by atomic mass is 9.85. The Morgan fingerprint density at radius 1 is 0.912 bits per heavy atom. The zero-order valence-corrected chi connectivity index (χ0v) is 22.5. The SMILES string of the molecule is COC(=O)COc1ccc(OCC=C(c2ccc(I)cc2)c2ccc(C(C)(C)C)cc2)cc1C. The van der Waals surface area contributed by atoms with E-state index in [1.807, 2.05) is 25.1 Å². The summed E-state index contributed by atoms with van der Waals surface area (Å²) in [7, 11) is 1.34. The van der Waals surface area contributed by atoms with Gasteiger partial charge in [0.1, 0.15) is 18.1 Å². The summed E-state index contributed by atoms with van der Waals surface area (Å²) in [6.07, 6.45) is 2.12. The predicted molar refractivity (Wildman–Crippen MR) is 146 cm³/mol. The van der Waals surface area contributed by atoms with Crippen molar-refractivity contribution in [1.82, 2.24) is 0 Å². The van der Waals surface area contributed by atoms with E-state index in [2.05, 4.69) is 103 Å². The number of hydrogen-bond donors (Lipinski definition) is 0. The molecule has 0 N–H and O–H groups in total. The van der Waals surface area contributed by atoms with Gasteiger partial charge in [0.2, 0.25) is 0 Å². The Balaban J connectivity index is 1.79. The summed E-state index contributed by atoms with van der Waals surface area (Å²) >= 11 is 2.32. The van der Waals surface area contributed by atoms with Crippen LogP contribution >= 0.6 is 22.6 Å². The van der Waals surface area contributed by atoms with E-state index in [0.29, 0.717) is 12.4 Å². The molecule has 0 aromatic heterocycles. The Labute approximate surface area is 216 Å². The molecule has 0 fully saturated rings. The van der Waals surface area contributed by atoms with Gasteiger partial charge in [-0.2, -0.15) is 0 Å². The second kappa shape index (κ2) is 11.6. The van der Waals surface area contributed by atoms with Crippen LogP contribution in [0.1, 0.15) is 43.0 Å². The number of hydrogen-bond acceptors (Lipinski definition) is 4. The maximum atomic E-state index is 11.3. The number of rotatable bonds is 8. The van der Waals surface area contributed by atoms with Crippen LogP contribution in [-0.4, -0.2) is 26.3 Å². The van der Waals surface area contributed by atoms with Crippen LogP contribution in [0.3, 0.4) is 0 Å². The second-order valence-corrected chi connectivity index (χ2v) is 10.3. The van der Waals surface area contributed by atoms with Crippen LogP contribution in [0.15, 0.2) is 72.8 Å². The molecule has 0 saturated carbocycles. The molecule has 0 amide bonds. The van der Waals surface area contributed by atoms with Crippen molar-refractivity contribution in [2.24, 2.45) is 0 Å². The number of ether oxygens (including phenoxy) is 3. The number of carbonyl (C=O) groups is 1. The first-order chi connectivity index (χ1) is 16.2. The Kier molecular flexibility index (Phi) is 8.78. The molecule has 4 nitrogen and oxygen atoms in total. The number of esters is 1. The maximum absolute atomic E-state index is 11.3. The van der Waals surface area contributed by atoms with Gasteiger partial charge >= 0.3 is 5.97 Å². The fourth-order valence-electron chi connectivity index (χ4n) is 3.47. The molecule has 0 unspecified atom stereocenters. The largest absolute Gasteiger partial charge is 0.489 e. The van der Waals surface area contributed by atoms with Crippen molar-refractivity contribution in [3.05, 3.63) is 98.6 Å². The minimum absolute atomic E-state index is 0.110. The van der Waals surface area contributed by atoms with Gasteiger partial charge in [-0.1, -0.05) is 57.2 Å². The van der Waals surface area contributed by atoms with E-state index in [1.54, 1.807) is 0 Å². The third-order valence-electron chi connectivity index (χ3n) is 5.47. The maximum Gasteiger partial charge on any atom is 0.343 e. The van der Waals surface area contributed by atoms with E-state index in [4.69, 9.17) is 9.47 Å². The number of aryl methyl sites for hydroxylation is 1. The Morgan fingerprint density at radius 2 is 1.53 bits per heavy atom. The predicted octanol–water partition coefficient (Wildman–Crippen LogP) is 6.96. The lowest BCUT2D eigenvalue weighted by molar-refractivity contribution is -0.142. The molecule has 0 saturated heterocycles. The Morgan fingerprint density at radius 3 is 2.09 bits per heavy atom. The van der Waals surface area contributed by atoms with Gasteiger partial charge in [0.15, 0.2) is 6.61 Å². The molecular weight excluding hydrogens is 539 g/mol. The van der Waals surface area contributed by atoms with Crippen molar-refractivity contribution in [3.8, 4) is 11.5 Å². The Hall–Kier alpha value is -2.80. The summed E-state index contributed by atoms with van der Waals surface area (Å²) in [6.45, 7) is 8.89. The van der Waals surface area contributed by atoms with Gasteiger partial charge in [-0.15, -0.1) is 0 Å². The van der Waals surface area contributed by atoms with Crippen molar-refractivity contribution < 1.29 is 19.0 Å². The van der Waals surface area contributed by atoms with Crippen LogP contribution in [0.2, 0.25) is 0 Å². The van der Waals surface area contributed by atoms with Gasteiger partial charge in [0, 0.05) is 3.57 Å². The highest BCUT2D eigenvalue weighted by molar-refractivity contribution is 14.1. The third kappa shape index (κ3) is 7.10. The van der Waals surface area contributed by atoms with E-state index in [9.17, 15) is 4.79 Å². The standard InChI is InChI=1S/C29H31IO4/c1-20-18-25(14-15-27(20)34-19-28(31)32-5)33-17-16-26(22-8-12-24(30)13-9-22)21-6-10-23(11-7-21)29(2,3)4/h6-16,18H,17,19H2,1-5H3. The number of halogens is 1. The van der Waals surface area contributed by atoms with E-state index in [0.717, 1.165) is 28.0 Å². The van der Waals surface area contributed by atoms with E-state index in [1.165, 1.54) is 16.2 Å². The first kappa shape index (κ1) is 25.8. The molecule has 178 valence electrons. The van der Waals surface area contributed by atoms with Crippen LogP contribution in [-0.2, 0) is 14.9 Å². The smallest absolute Gasteiger partial charge is 0.343 e. The molecule has 3 aromatic carbocycles. The van der Waals surface area contributed by atoms with Crippen molar-refractivity contribution in [2.75, 3.05) is 20.3 Å². The Bertz CT molecular complexity index is 1140. The van der Waals surface area contributed by atoms with Gasteiger partial charge in [0.05, 0.1) is 7.11 Å². The van der Waals surface area contributed by atoms with Gasteiger partial charge in [-0.25, -0.2) is 4.79 Å². The fourth-order valence-corrected chi connectivity index (χ4v) is 3.83. The highest BCUT2D eigenvalue weighted by Crippen LogP contribution is 2.29. The fraction of sp³-hybridized carbons (Fsp3) is 0.276. The second-order valence-electron chi connectivity index (χ2n) is 9.06. The topological polar surface area (TPSA) is 44.8 Å². The van der Waals surface area contributed by atoms with Gasteiger partial charge in [0.25, 0.3) is 0 Å². The molecule has 0 aliphatic heterocycles. The van der Waals surface area contributed by atoms with Gasteiger partial charge in [-0.05, 0) is 99.2 Å². The van der Waals surface area contributed by atoms with Gasteiger partial charge in [-0.3, -0.25) is 0 Å². The molecule has 5 heteroatoms. The summed E-state index contributed by atoms with van der Waals surface area (Å²) in [6, 6.07) is 22.8. The summed E-state index contributed by atoms with van der Waals surface area (Å²) in [5.41, 5.74) is 5.74. The number of methoxy groups -OCH3 is 1. The zero-order chi connectivity index (χ0) is 24.7. The van der Waals surface area contributed by atoms with E-state index >= 15 is 0 Å². The minimum atomic E-state index is -0.413. The summed E-state index contributed by atoms with van der Waals surface area (Å²) in [5.74, 6) is 0.958. The van der Waals surface area contributed by atoms with Crippen molar-refractivity contribution in [3.63, 3.8) is 0 Å². The van der Waals surface area contributed by atoms with Gasteiger partial charge < -0.3 is 14.2 Å². The molecule has 34 heavy (non-hydrogen) atoms. The van der Waals surface area contributed by atoms with Crippen LogP contribution in [0.5, 0.6) is 11.5 Å². The molecule has 0 radical (unpaired) electrons. The quantitative estimate of drug-likeness (QED) is 0.217. The van der Waals surface area contributed by atoms with Crippen LogP contribution in [0.25, 0.3) is 5.57 Å². The lowest BCUT2D eigenvalue weighted by Crippen LogP contribution is -2.13. The molecule has 0 aliphatic rings. The van der Waals surface area contributed by atoms with Crippen molar-refractivity contribution in [1.29, 1.82) is 0 Å². The minimum Gasteiger partial charge on any atom is -0.489 e. The molecule has 0 atom stereocenters. The van der Waals surface area contributed by atoms with Crippen molar-refractivity contribution >= 4 is 34.1 Å². The third-order valence-corrected chi connectivity index (χ3v) is 6.19. The highest BCUT2D eigenvalue weighted by atomic mass is 127. The van der Waals surface area contributed by atoms with E-state index in [-0.39, 0.29) is 12.0 Å². The van der Waals surface area contributed by atoms with Crippen LogP contribution in [0, 0.1) is 10.5 Å². The average Bonchev–Trinajstić information content (AvgIpc) is 2.81. The summed E-state index contributed by atoms with van der Waals surface area (Å²) < 4.78 is 17.4. The zero-order valence-electron chi connectivity index (χ0n) is 20.4. The molecule has 3 rings (SSSR count). The summed E-state index contributed by atoms with van der Waals surface area (Å²) in [4.78, 5) is 11.3. The monoisotopic (exact) mass is 570 g/mol. The van der Waals surface area contributed by atoms with Crippen LogP contribution < -0.4 is 9.47 Å². The number of benzene rings is 3. The average molecular weight is 570 g/mol. The first-order valence-corrected chi connectivity index (χ1v) is 12.3. The molecule has 0 spiro atoms. The van der Waals surface area contributed by atoms with Crippen molar-refractivity contribution in [2.45, 2.75) is 33.1 Å². The highest BCUT2D eigenvalue weighted by Gasteiger charge is 2.14.